The third-order valence-corrected chi connectivity index (χ3v) is 3.14. The van der Waals surface area contributed by atoms with Crippen molar-refractivity contribution < 1.29 is 4.42 Å². The number of hydrogen-bond acceptors (Lipinski definition) is 3. The SMILES string of the molecule is Cc1nc(Br)sc1-c1ccco1. The van der Waals surface area contributed by atoms with Gasteiger partial charge in [-0.3, -0.25) is 0 Å². The molecule has 0 atom stereocenters. The summed E-state index contributed by atoms with van der Waals surface area (Å²) in [4.78, 5) is 5.33. The van der Waals surface area contributed by atoms with Crippen molar-refractivity contribution in [1.29, 1.82) is 0 Å². The minimum Gasteiger partial charge on any atom is -0.463 e. The quantitative estimate of drug-likeness (QED) is 0.767. The third kappa shape index (κ3) is 1.32. The fourth-order valence-corrected chi connectivity index (χ4v) is 2.51. The second-order valence-electron chi connectivity index (χ2n) is 2.36. The average molecular weight is 244 g/mol. The van der Waals surface area contributed by atoms with Crippen LogP contribution in [0.4, 0.5) is 0 Å². The van der Waals surface area contributed by atoms with E-state index in [4.69, 9.17) is 4.42 Å². The molecule has 0 amide bonds. The molecule has 12 heavy (non-hydrogen) atoms. The number of aryl methyl sites for hydroxylation is 1. The van der Waals surface area contributed by atoms with Crippen LogP contribution in [0.15, 0.2) is 26.7 Å². The highest BCUT2D eigenvalue weighted by Crippen LogP contribution is 2.32. The topological polar surface area (TPSA) is 26.0 Å². The molecule has 0 aliphatic rings. The van der Waals surface area contributed by atoms with Crippen molar-refractivity contribution in [3.8, 4) is 10.6 Å². The van der Waals surface area contributed by atoms with Crippen LogP contribution in [0.5, 0.6) is 0 Å². The molecule has 0 aliphatic heterocycles. The van der Waals surface area contributed by atoms with Gasteiger partial charge in [0.25, 0.3) is 0 Å². The molecule has 0 saturated heterocycles. The number of aromatic nitrogens is 1. The molecule has 0 fully saturated rings. The lowest BCUT2D eigenvalue weighted by molar-refractivity contribution is 0.583. The summed E-state index contributed by atoms with van der Waals surface area (Å²) < 4.78 is 6.16. The maximum Gasteiger partial charge on any atom is 0.160 e. The van der Waals surface area contributed by atoms with Gasteiger partial charge in [0, 0.05) is 0 Å². The monoisotopic (exact) mass is 243 g/mol. The molecule has 0 bridgehead atoms. The molecular formula is C8H6BrNOS. The summed E-state index contributed by atoms with van der Waals surface area (Å²) >= 11 is 4.92. The summed E-state index contributed by atoms with van der Waals surface area (Å²) in [5, 5.41) is 0. The Bertz CT molecular complexity index is 380. The van der Waals surface area contributed by atoms with E-state index in [0.29, 0.717) is 0 Å². The number of nitrogens with zero attached hydrogens (tertiary/aromatic N) is 1. The molecule has 2 rings (SSSR count). The van der Waals surface area contributed by atoms with E-state index < -0.39 is 0 Å². The highest BCUT2D eigenvalue weighted by molar-refractivity contribution is 9.11. The zero-order chi connectivity index (χ0) is 8.55. The molecule has 62 valence electrons. The van der Waals surface area contributed by atoms with Gasteiger partial charge < -0.3 is 4.42 Å². The van der Waals surface area contributed by atoms with Crippen LogP contribution in [0.2, 0.25) is 0 Å². The van der Waals surface area contributed by atoms with Crippen LogP contribution in [0.3, 0.4) is 0 Å². The van der Waals surface area contributed by atoms with Gasteiger partial charge >= 0.3 is 0 Å². The number of hydrogen-bond donors (Lipinski definition) is 0. The molecule has 0 aromatic carbocycles. The molecule has 2 heterocycles. The van der Waals surface area contributed by atoms with Gasteiger partial charge in [-0.1, -0.05) is 0 Å². The van der Waals surface area contributed by atoms with Crippen molar-refractivity contribution in [2.75, 3.05) is 0 Å². The molecule has 0 saturated carbocycles. The van der Waals surface area contributed by atoms with E-state index in [1.807, 2.05) is 19.1 Å². The molecular weight excluding hydrogens is 238 g/mol. The lowest BCUT2D eigenvalue weighted by Crippen LogP contribution is -1.72. The van der Waals surface area contributed by atoms with Gasteiger partial charge in [0.05, 0.1) is 16.8 Å². The second kappa shape index (κ2) is 3.03. The first-order valence-corrected chi connectivity index (χ1v) is 5.05. The van der Waals surface area contributed by atoms with Gasteiger partial charge in [-0.15, -0.1) is 11.3 Å². The number of thiazole rings is 1. The summed E-state index contributed by atoms with van der Waals surface area (Å²) in [5.74, 6) is 0.885. The fraction of sp³-hybridized carbons (Fsp3) is 0.125. The second-order valence-corrected chi connectivity index (χ2v) is 4.63. The molecule has 0 spiro atoms. The normalized spacial score (nSPS) is 10.5. The van der Waals surface area contributed by atoms with Gasteiger partial charge in [-0.05, 0) is 35.0 Å². The van der Waals surface area contributed by atoms with Gasteiger partial charge in [0.2, 0.25) is 0 Å². The Labute approximate surface area is 82.4 Å². The molecule has 2 aromatic rings. The summed E-state index contributed by atoms with van der Waals surface area (Å²) in [6.07, 6.45) is 1.67. The van der Waals surface area contributed by atoms with Crippen LogP contribution in [-0.4, -0.2) is 4.98 Å². The van der Waals surface area contributed by atoms with Crippen LogP contribution in [0.1, 0.15) is 5.69 Å². The average Bonchev–Trinajstić information content (AvgIpc) is 2.58. The summed E-state index contributed by atoms with van der Waals surface area (Å²) in [6, 6.07) is 3.81. The van der Waals surface area contributed by atoms with E-state index in [2.05, 4.69) is 20.9 Å². The maximum absolute atomic E-state index is 5.26. The smallest absolute Gasteiger partial charge is 0.160 e. The highest BCUT2D eigenvalue weighted by Gasteiger charge is 2.09. The van der Waals surface area contributed by atoms with Crippen LogP contribution in [-0.2, 0) is 0 Å². The zero-order valence-corrected chi connectivity index (χ0v) is 8.78. The van der Waals surface area contributed by atoms with Crippen molar-refractivity contribution in [2.45, 2.75) is 6.92 Å². The van der Waals surface area contributed by atoms with Crippen LogP contribution < -0.4 is 0 Å². The Morgan fingerprint density at radius 3 is 2.92 bits per heavy atom. The summed E-state index contributed by atoms with van der Waals surface area (Å²) in [6.45, 7) is 1.97. The van der Waals surface area contributed by atoms with E-state index in [1.165, 1.54) is 0 Å². The first-order chi connectivity index (χ1) is 5.77. The van der Waals surface area contributed by atoms with Crippen molar-refractivity contribution in [2.24, 2.45) is 0 Å². The van der Waals surface area contributed by atoms with E-state index >= 15 is 0 Å². The molecule has 0 aliphatic carbocycles. The maximum atomic E-state index is 5.26. The van der Waals surface area contributed by atoms with Crippen molar-refractivity contribution in [1.82, 2.24) is 4.98 Å². The van der Waals surface area contributed by atoms with E-state index in [1.54, 1.807) is 17.6 Å². The van der Waals surface area contributed by atoms with Gasteiger partial charge in [-0.25, -0.2) is 4.98 Å². The van der Waals surface area contributed by atoms with Crippen LogP contribution in [0.25, 0.3) is 10.6 Å². The van der Waals surface area contributed by atoms with E-state index in [0.717, 1.165) is 20.2 Å². The molecule has 2 nitrogen and oxygen atoms in total. The standard InChI is InChI=1S/C8H6BrNOS/c1-5-7(12-8(9)10-5)6-3-2-4-11-6/h2-4H,1H3. The molecule has 2 aromatic heterocycles. The lowest BCUT2D eigenvalue weighted by Gasteiger charge is -1.89. The Morgan fingerprint density at radius 1 is 1.58 bits per heavy atom. The molecule has 4 heteroatoms. The lowest BCUT2D eigenvalue weighted by atomic mass is 10.3. The Balaban J connectivity index is 2.54. The minimum absolute atomic E-state index is 0.885. The molecule has 0 N–H and O–H groups in total. The Kier molecular flexibility index (Phi) is 2.02. The van der Waals surface area contributed by atoms with Crippen molar-refractivity contribution >= 4 is 27.3 Å². The highest BCUT2D eigenvalue weighted by atomic mass is 79.9. The predicted molar refractivity (Wildman–Crippen MR) is 52.3 cm³/mol. The zero-order valence-electron chi connectivity index (χ0n) is 6.37. The number of furan rings is 1. The summed E-state index contributed by atoms with van der Waals surface area (Å²) in [5.41, 5.74) is 1.00. The largest absolute Gasteiger partial charge is 0.463 e. The Morgan fingerprint density at radius 2 is 2.42 bits per heavy atom. The predicted octanol–water partition coefficient (Wildman–Crippen LogP) is 3.47. The van der Waals surface area contributed by atoms with Gasteiger partial charge in [0.1, 0.15) is 5.76 Å². The molecule has 0 radical (unpaired) electrons. The number of rotatable bonds is 1. The third-order valence-electron chi connectivity index (χ3n) is 1.52. The van der Waals surface area contributed by atoms with Crippen LogP contribution >= 0.6 is 27.3 Å². The minimum atomic E-state index is 0.885. The number of halogens is 1. The first-order valence-electron chi connectivity index (χ1n) is 3.44. The molecule has 0 unspecified atom stereocenters. The van der Waals surface area contributed by atoms with Gasteiger partial charge in [0.15, 0.2) is 3.92 Å². The first kappa shape index (κ1) is 8.01. The van der Waals surface area contributed by atoms with Crippen molar-refractivity contribution in [3.05, 3.63) is 28.0 Å². The van der Waals surface area contributed by atoms with E-state index in [-0.39, 0.29) is 0 Å². The van der Waals surface area contributed by atoms with Crippen molar-refractivity contribution in [3.63, 3.8) is 0 Å². The summed E-state index contributed by atoms with van der Waals surface area (Å²) in [7, 11) is 0. The van der Waals surface area contributed by atoms with Gasteiger partial charge in [-0.2, -0.15) is 0 Å². The fourth-order valence-electron chi connectivity index (χ4n) is 1.000. The Hall–Kier alpha value is -0.610. The van der Waals surface area contributed by atoms with Crippen LogP contribution in [0, 0.1) is 6.92 Å². The van der Waals surface area contributed by atoms with E-state index in [9.17, 15) is 0 Å².